The number of amides is 1. The van der Waals surface area contributed by atoms with Gasteiger partial charge in [-0.1, -0.05) is 48.5 Å². The lowest BCUT2D eigenvalue weighted by Crippen LogP contribution is -2.31. The Bertz CT molecular complexity index is 1110. The smallest absolute Gasteiger partial charge is 0.409 e. The molecule has 3 aromatic rings. The zero-order valence-electron chi connectivity index (χ0n) is 17.1. The third-order valence-corrected chi connectivity index (χ3v) is 6.47. The molecule has 1 aromatic heterocycles. The molecule has 1 N–H and O–H groups in total. The Morgan fingerprint density at radius 3 is 2.29 bits per heavy atom. The topological polar surface area (TPSA) is 84.7 Å². The predicted octanol–water partition coefficient (Wildman–Crippen LogP) is 3.47. The Kier molecular flexibility index (Phi) is 4.73. The molecule has 0 bridgehead atoms. The fourth-order valence-corrected chi connectivity index (χ4v) is 4.91. The van der Waals surface area contributed by atoms with Crippen LogP contribution in [0.5, 0.6) is 0 Å². The average Bonchev–Trinajstić information content (AvgIpc) is 3.47. The molecule has 0 radical (unpaired) electrons. The van der Waals surface area contributed by atoms with Crippen molar-refractivity contribution in [3.63, 3.8) is 0 Å². The first-order valence-corrected chi connectivity index (χ1v) is 10.3. The van der Waals surface area contributed by atoms with Gasteiger partial charge in [0.25, 0.3) is 0 Å². The number of nitrogens with zero attached hydrogens (tertiary/aromatic N) is 3. The van der Waals surface area contributed by atoms with E-state index in [2.05, 4.69) is 29.2 Å². The molecule has 1 saturated heterocycles. The fourth-order valence-electron chi connectivity index (χ4n) is 4.91. The van der Waals surface area contributed by atoms with Crippen LogP contribution in [-0.4, -0.2) is 51.3 Å². The lowest BCUT2D eigenvalue weighted by atomic mass is 9.93. The number of carboxylic acids is 1. The van der Waals surface area contributed by atoms with Crippen LogP contribution in [0.25, 0.3) is 11.1 Å². The summed E-state index contributed by atoms with van der Waals surface area (Å²) in [5.74, 6) is -1.94. The standard InChI is InChI=1S/C24H23N3O4/c1-26-14-25-10-22(26)19-11-27(12-20(19)23(28)29)24(30)31-13-21-17-8-4-2-6-15(17)16-7-3-5-9-18(16)21/h2-10,14,19-21H,11-13H2,1H3,(H,28,29). The van der Waals surface area contributed by atoms with Crippen molar-refractivity contribution in [1.82, 2.24) is 14.5 Å². The van der Waals surface area contributed by atoms with Crippen molar-refractivity contribution in [2.24, 2.45) is 13.0 Å². The largest absolute Gasteiger partial charge is 0.481 e. The highest BCUT2D eigenvalue weighted by Gasteiger charge is 2.42. The summed E-state index contributed by atoms with van der Waals surface area (Å²) >= 11 is 0. The Labute approximate surface area is 179 Å². The van der Waals surface area contributed by atoms with Crippen LogP contribution in [-0.2, 0) is 16.6 Å². The number of hydrogen-bond donors (Lipinski definition) is 1. The molecule has 2 atom stereocenters. The number of carbonyl (C=O) groups is 2. The molecule has 0 spiro atoms. The SMILES string of the molecule is Cn1cncc1C1CN(C(=O)OCC2c3ccccc3-c3ccccc32)CC1C(=O)O. The van der Waals surface area contributed by atoms with Gasteiger partial charge in [-0.2, -0.15) is 0 Å². The van der Waals surface area contributed by atoms with Gasteiger partial charge in [0.05, 0.1) is 12.2 Å². The van der Waals surface area contributed by atoms with E-state index in [-0.39, 0.29) is 25.0 Å². The fraction of sp³-hybridized carbons (Fsp3) is 0.292. The molecule has 2 aliphatic rings. The summed E-state index contributed by atoms with van der Waals surface area (Å²) in [5, 5.41) is 9.69. The first-order chi connectivity index (χ1) is 15.0. The van der Waals surface area contributed by atoms with Crippen molar-refractivity contribution in [1.29, 1.82) is 0 Å². The van der Waals surface area contributed by atoms with Crippen molar-refractivity contribution >= 4 is 12.1 Å². The Morgan fingerprint density at radius 1 is 1.06 bits per heavy atom. The Hall–Kier alpha value is -3.61. The third-order valence-electron chi connectivity index (χ3n) is 6.47. The van der Waals surface area contributed by atoms with Gasteiger partial charge in [0, 0.05) is 43.9 Å². The molecular formula is C24H23N3O4. The van der Waals surface area contributed by atoms with E-state index in [1.807, 2.05) is 35.9 Å². The number of aliphatic carboxylic acids is 1. The van der Waals surface area contributed by atoms with E-state index in [0.717, 1.165) is 16.8 Å². The zero-order valence-corrected chi connectivity index (χ0v) is 17.1. The average molecular weight is 417 g/mol. The van der Waals surface area contributed by atoms with Gasteiger partial charge >= 0.3 is 12.1 Å². The molecule has 2 unspecified atom stereocenters. The first kappa shape index (κ1) is 19.4. The number of carboxylic acid groups (broad SMARTS) is 1. The summed E-state index contributed by atoms with van der Waals surface area (Å²) in [6, 6.07) is 16.3. The summed E-state index contributed by atoms with van der Waals surface area (Å²) in [7, 11) is 1.83. The van der Waals surface area contributed by atoms with Crippen LogP contribution in [0.1, 0.15) is 28.7 Å². The second-order valence-corrected chi connectivity index (χ2v) is 8.19. The van der Waals surface area contributed by atoms with Crippen molar-refractivity contribution in [3.8, 4) is 11.1 Å². The number of imidazole rings is 1. The number of ether oxygens (including phenoxy) is 1. The Morgan fingerprint density at radius 2 is 1.71 bits per heavy atom. The zero-order chi connectivity index (χ0) is 21.5. The highest BCUT2D eigenvalue weighted by Crippen LogP contribution is 2.44. The summed E-state index contributed by atoms with van der Waals surface area (Å²) in [6.07, 6.45) is 2.84. The molecule has 2 heterocycles. The quantitative estimate of drug-likeness (QED) is 0.703. The normalized spacial score (nSPS) is 19.8. The van der Waals surface area contributed by atoms with Gasteiger partial charge in [0.15, 0.2) is 0 Å². The number of fused-ring (bicyclic) bond motifs is 3. The lowest BCUT2D eigenvalue weighted by Gasteiger charge is -2.19. The number of benzene rings is 2. The van der Waals surface area contributed by atoms with E-state index >= 15 is 0 Å². The molecule has 1 aliphatic carbocycles. The predicted molar refractivity (Wildman–Crippen MR) is 114 cm³/mol. The first-order valence-electron chi connectivity index (χ1n) is 10.3. The van der Waals surface area contributed by atoms with Crippen LogP contribution in [0.4, 0.5) is 4.79 Å². The lowest BCUT2D eigenvalue weighted by molar-refractivity contribution is -0.141. The van der Waals surface area contributed by atoms with Crippen LogP contribution in [0.3, 0.4) is 0 Å². The van der Waals surface area contributed by atoms with Gasteiger partial charge in [-0.05, 0) is 22.3 Å². The number of aryl methyl sites for hydroxylation is 1. The molecule has 158 valence electrons. The van der Waals surface area contributed by atoms with E-state index in [0.29, 0.717) is 6.54 Å². The van der Waals surface area contributed by atoms with Crippen molar-refractivity contribution in [3.05, 3.63) is 77.9 Å². The third kappa shape index (κ3) is 3.26. The van der Waals surface area contributed by atoms with Crippen LogP contribution >= 0.6 is 0 Å². The highest BCUT2D eigenvalue weighted by atomic mass is 16.6. The molecule has 7 nitrogen and oxygen atoms in total. The maximum absolute atomic E-state index is 12.9. The van der Waals surface area contributed by atoms with Gasteiger partial charge in [-0.3, -0.25) is 4.79 Å². The van der Waals surface area contributed by atoms with Crippen molar-refractivity contribution in [2.75, 3.05) is 19.7 Å². The van der Waals surface area contributed by atoms with Crippen LogP contribution in [0.15, 0.2) is 61.1 Å². The number of likely N-dealkylation sites (tertiary alicyclic amines) is 1. The molecule has 31 heavy (non-hydrogen) atoms. The molecular weight excluding hydrogens is 394 g/mol. The van der Waals surface area contributed by atoms with E-state index < -0.39 is 18.0 Å². The van der Waals surface area contributed by atoms with E-state index in [1.54, 1.807) is 12.5 Å². The number of aromatic nitrogens is 2. The molecule has 1 aliphatic heterocycles. The maximum Gasteiger partial charge on any atom is 0.409 e. The van der Waals surface area contributed by atoms with E-state index in [1.165, 1.54) is 16.0 Å². The van der Waals surface area contributed by atoms with Crippen molar-refractivity contribution < 1.29 is 19.4 Å². The van der Waals surface area contributed by atoms with Crippen LogP contribution in [0, 0.1) is 5.92 Å². The maximum atomic E-state index is 12.9. The van der Waals surface area contributed by atoms with Crippen molar-refractivity contribution in [2.45, 2.75) is 11.8 Å². The minimum atomic E-state index is -0.917. The van der Waals surface area contributed by atoms with Gasteiger partial charge in [0.1, 0.15) is 6.61 Å². The number of carbonyl (C=O) groups excluding carboxylic acids is 1. The number of rotatable bonds is 4. The molecule has 5 rings (SSSR count). The Balaban J connectivity index is 1.32. The molecule has 1 amide bonds. The minimum Gasteiger partial charge on any atom is -0.481 e. The molecule has 0 saturated carbocycles. The molecule has 2 aromatic carbocycles. The van der Waals surface area contributed by atoms with E-state index in [9.17, 15) is 14.7 Å². The molecule has 7 heteroatoms. The van der Waals surface area contributed by atoms with Gasteiger partial charge in [-0.25, -0.2) is 9.78 Å². The van der Waals surface area contributed by atoms with E-state index in [4.69, 9.17) is 4.74 Å². The van der Waals surface area contributed by atoms with Crippen LogP contribution < -0.4 is 0 Å². The second-order valence-electron chi connectivity index (χ2n) is 8.19. The van der Waals surface area contributed by atoms with Gasteiger partial charge in [-0.15, -0.1) is 0 Å². The monoisotopic (exact) mass is 417 g/mol. The summed E-state index contributed by atoms with van der Waals surface area (Å²) in [6.45, 7) is 0.645. The summed E-state index contributed by atoms with van der Waals surface area (Å²) in [5.41, 5.74) is 5.44. The summed E-state index contributed by atoms with van der Waals surface area (Å²) < 4.78 is 7.53. The van der Waals surface area contributed by atoms with Crippen LogP contribution in [0.2, 0.25) is 0 Å². The van der Waals surface area contributed by atoms with Gasteiger partial charge in [0.2, 0.25) is 0 Å². The minimum absolute atomic E-state index is 0.0258. The molecule has 1 fully saturated rings. The number of hydrogen-bond acceptors (Lipinski definition) is 4. The highest BCUT2D eigenvalue weighted by molar-refractivity contribution is 5.79. The van der Waals surface area contributed by atoms with Gasteiger partial charge < -0.3 is 19.3 Å². The second kappa shape index (κ2) is 7.58. The summed E-state index contributed by atoms with van der Waals surface area (Å²) in [4.78, 5) is 30.3.